The summed E-state index contributed by atoms with van der Waals surface area (Å²) in [5.74, 6) is -0.613. The van der Waals surface area contributed by atoms with Crippen LogP contribution in [0.5, 0.6) is 0 Å². The van der Waals surface area contributed by atoms with E-state index in [-0.39, 0.29) is 29.2 Å². The topological polar surface area (TPSA) is 69.7 Å². The average molecular weight is 366 g/mol. The number of methoxy groups -OCH3 is 1. The molecule has 140 valence electrons. The van der Waals surface area contributed by atoms with Gasteiger partial charge in [0, 0.05) is 41.6 Å². The normalized spacial score (nSPS) is 38.9. The molecule has 0 saturated heterocycles. The van der Waals surface area contributed by atoms with Gasteiger partial charge in [-0.1, -0.05) is 26.0 Å². The fourth-order valence-corrected chi connectivity index (χ4v) is 6.08. The number of ether oxygens (including phenoxy) is 2. The van der Waals surface area contributed by atoms with Gasteiger partial charge in [-0.05, 0) is 30.4 Å². The van der Waals surface area contributed by atoms with Crippen molar-refractivity contribution < 1.29 is 23.9 Å². The molecule has 27 heavy (non-hydrogen) atoms. The summed E-state index contributed by atoms with van der Waals surface area (Å²) in [6.07, 6.45) is 1.91. The second kappa shape index (κ2) is 4.96. The minimum atomic E-state index is -1.12. The molecule has 0 aromatic heterocycles. The number of carbonyl (C=O) groups is 3. The van der Waals surface area contributed by atoms with E-state index in [2.05, 4.69) is 6.92 Å². The lowest BCUT2D eigenvalue weighted by atomic mass is 9.48. The molecule has 0 amide bonds. The van der Waals surface area contributed by atoms with E-state index in [9.17, 15) is 14.4 Å². The Morgan fingerprint density at radius 2 is 1.89 bits per heavy atom. The van der Waals surface area contributed by atoms with Crippen molar-refractivity contribution in [3.8, 4) is 0 Å². The molecular formula is C22H22O5. The molecule has 1 aromatic rings. The summed E-state index contributed by atoms with van der Waals surface area (Å²) in [5, 5.41) is 0. The fourth-order valence-electron chi connectivity index (χ4n) is 6.08. The van der Waals surface area contributed by atoms with Crippen molar-refractivity contribution in [3.05, 3.63) is 46.2 Å². The maximum Gasteiger partial charge on any atom is 0.207 e. The number of hydrogen-bond acceptors (Lipinski definition) is 5. The van der Waals surface area contributed by atoms with Crippen molar-refractivity contribution in [3.63, 3.8) is 0 Å². The van der Waals surface area contributed by atoms with E-state index in [4.69, 9.17) is 9.47 Å². The first kappa shape index (κ1) is 16.9. The van der Waals surface area contributed by atoms with Crippen molar-refractivity contribution in [2.24, 2.45) is 11.8 Å². The number of benzene rings is 1. The van der Waals surface area contributed by atoms with Crippen LogP contribution in [0.1, 0.15) is 59.0 Å². The number of Topliss-reactive ketones (excluding diaryl/α,β-unsaturated/α-hetero) is 3. The fraction of sp³-hybridized carbons (Fsp3) is 0.500. The third-order valence-electron chi connectivity index (χ3n) is 7.56. The maximum absolute atomic E-state index is 13.6. The van der Waals surface area contributed by atoms with E-state index in [1.165, 1.54) is 6.26 Å². The maximum atomic E-state index is 13.6. The molecule has 0 N–H and O–H groups in total. The summed E-state index contributed by atoms with van der Waals surface area (Å²) in [6.45, 7) is 5.91. The molecule has 0 radical (unpaired) electrons. The number of ketones is 3. The van der Waals surface area contributed by atoms with Gasteiger partial charge in [-0.25, -0.2) is 0 Å². The summed E-state index contributed by atoms with van der Waals surface area (Å²) in [5.41, 5.74) is 1.96. The van der Waals surface area contributed by atoms with Gasteiger partial charge in [0.2, 0.25) is 5.78 Å². The largest absolute Gasteiger partial charge is 0.486 e. The Balaban J connectivity index is 1.85. The zero-order chi connectivity index (χ0) is 19.3. The van der Waals surface area contributed by atoms with Gasteiger partial charge in [0.15, 0.2) is 17.2 Å². The third-order valence-corrected chi connectivity index (χ3v) is 7.56. The Kier molecular flexibility index (Phi) is 3.10. The Morgan fingerprint density at radius 1 is 1.15 bits per heavy atom. The lowest BCUT2D eigenvalue weighted by Crippen LogP contribution is -2.64. The van der Waals surface area contributed by atoms with Crippen LogP contribution in [0.2, 0.25) is 0 Å². The molecule has 0 bridgehead atoms. The minimum Gasteiger partial charge on any atom is -0.486 e. The van der Waals surface area contributed by atoms with Crippen LogP contribution >= 0.6 is 0 Å². The molecule has 1 aliphatic heterocycles. The van der Waals surface area contributed by atoms with Crippen LogP contribution in [0.4, 0.5) is 0 Å². The summed E-state index contributed by atoms with van der Waals surface area (Å²) < 4.78 is 11.5. The molecule has 2 unspecified atom stereocenters. The highest BCUT2D eigenvalue weighted by atomic mass is 16.5. The Hall–Kier alpha value is -2.27. The molecule has 5 atom stereocenters. The second-order valence-electron chi connectivity index (χ2n) is 8.59. The highest BCUT2D eigenvalue weighted by Crippen LogP contribution is 2.61. The first-order valence-electron chi connectivity index (χ1n) is 9.46. The smallest absolute Gasteiger partial charge is 0.207 e. The van der Waals surface area contributed by atoms with Crippen LogP contribution < -0.4 is 0 Å². The minimum absolute atomic E-state index is 0.0887. The van der Waals surface area contributed by atoms with Crippen molar-refractivity contribution >= 4 is 17.3 Å². The molecule has 5 heteroatoms. The summed E-state index contributed by atoms with van der Waals surface area (Å²) in [6, 6.07) is 3.78. The molecule has 1 aromatic carbocycles. The van der Waals surface area contributed by atoms with E-state index >= 15 is 0 Å². The van der Waals surface area contributed by atoms with E-state index in [1.54, 1.807) is 14.0 Å². The van der Waals surface area contributed by atoms with E-state index < -0.39 is 17.1 Å². The van der Waals surface area contributed by atoms with Gasteiger partial charge in [0.25, 0.3) is 0 Å². The van der Waals surface area contributed by atoms with Crippen molar-refractivity contribution in [1.29, 1.82) is 0 Å². The zero-order valence-corrected chi connectivity index (χ0v) is 15.9. The van der Waals surface area contributed by atoms with Gasteiger partial charge in [-0.3, -0.25) is 14.4 Å². The van der Waals surface area contributed by atoms with E-state index in [0.717, 1.165) is 11.1 Å². The van der Waals surface area contributed by atoms with Gasteiger partial charge in [-0.15, -0.1) is 0 Å². The molecule has 3 aliphatic carbocycles. The molecule has 4 aliphatic rings. The number of carbonyl (C=O) groups excluding carboxylic acids is 3. The first-order valence-corrected chi connectivity index (χ1v) is 9.46. The van der Waals surface area contributed by atoms with Crippen LogP contribution in [0.15, 0.2) is 24.0 Å². The predicted octanol–water partition coefficient (Wildman–Crippen LogP) is 2.79. The first-order chi connectivity index (χ1) is 12.8. The van der Waals surface area contributed by atoms with Gasteiger partial charge in [0.05, 0.1) is 6.26 Å². The number of rotatable bonds is 1. The molecule has 0 spiro atoms. The SMILES string of the molecule is CO[C@@H]1C(=O)C2=COC3(C)C(=O)c4c(ccc5c4CCC5=O)[C@](C)(C23)[C@@H]1C. The Labute approximate surface area is 157 Å². The predicted molar refractivity (Wildman–Crippen MR) is 96.8 cm³/mol. The van der Waals surface area contributed by atoms with E-state index in [0.29, 0.717) is 29.5 Å². The Bertz CT molecular complexity index is 973. The molecular weight excluding hydrogens is 344 g/mol. The highest BCUT2D eigenvalue weighted by molar-refractivity contribution is 6.14. The standard InChI is InChI=1S/C22H22O5/c1-10-18(26-4)17(24)13-9-27-22(3)19(13)21(10,2)14-7-5-11-12(6-8-15(11)23)16(14)20(22)25/h5,7,9-10,18-19H,6,8H2,1-4H3/t10-,18+,19?,21-,22?/m1/s1. The van der Waals surface area contributed by atoms with Crippen LogP contribution in [0.25, 0.3) is 0 Å². The monoisotopic (exact) mass is 366 g/mol. The quantitative estimate of drug-likeness (QED) is 0.764. The van der Waals surface area contributed by atoms with Crippen LogP contribution in [0.3, 0.4) is 0 Å². The summed E-state index contributed by atoms with van der Waals surface area (Å²) in [7, 11) is 1.55. The van der Waals surface area contributed by atoms with Crippen molar-refractivity contribution in [2.45, 2.75) is 50.7 Å². The molecule has 1 saturated carbocycles. The van der Waals surface area contributed by atoms with Crippen LogP contribution in [-0.2, 0) is 26.1 Å². The number of hydrogen-bond donors (Lipinski definition) is 0. The molecule has 5 nitrogen and oxygen atoms in total. The third kappa shape index (κ3) is 1.68. The summed E-state index contributed by atoms with van der Waals surface area (Å²) in [4.78, 5) is 38.8. The highest BCUT2D eigenvalue weighted by Gasteiger charge is 2.68. The molecule has 1 heterocycles. The number of fused-ring (bicyclic) bond motifs is 4. The van der Waals surface area contributed by atoms with E-state index in [1.807, 2.05) is 19.1 Å². The van der Waals surface area contributed by atoms with Gasteiger partial charge in [0.1, 0.15) is 6.10 Å². The summed E-state index contributed by atoms with van der Waals surface area (Å²) >= 11 is 0. The molecule has 5 rings (SSSR count). The lowest BCUT2D eigenvalue weighted by molar-refractivity contribution is -0.137. The van der Waals surface area contributed by atoms with Gasteiger partial charge in [-0.2, -0.15) is 0 Å². The molecule has 1 fully saturated rings. The van der Waals surface area contributed by atoms with Gasteiger partial charge < -0.3 is 9.47 Å². The van der Waals surface area contributed by atoms with Crippen molar-refractivity contribution in [1.82, 2.24) is 0 Å². The average Bonchev–Trinajstić information content (AvgIpc) is 3.20. The Morgan fingerprint density at radius 3 is 2.59 bits per heavy atom. The lowest BCUT2D eigenvalue weighted by Gasteiger charge is -2.55. The van der Waals surface area contributed by atoms with Crippen LogP contribution in [0, 0.1) is 11.8 Å². The second-order valence-corrected chi connectivity index (χ2v) is 8.59. The zero-order valence-electron chi connectivity index (χ0n) is 15.9. The van der Waals surface area contributed by atoms with Crippen molar-refractivity contribution in [2.75, 3.05) is 7.11 Å². The van der Waals surface area contributed by atoms with Gasteiger partial charge >= 0.3 is 0 Å². The van der Waals surface area contributed by atoms with Crippen LogP contribution in [-0.4, -0.2) is 36.2 Å².